The molecule has 2 aromatic carbocycles. The minimum atomic E-state index is -0.664. The molecule has 6 heteroatoms. The van der Waals surface area contributed by atoms with Gasteiger partial charge < -0.3 is 10.2 Å². The average molecular weight is 330 g/mol. The largest absolute Gasteiger partial charge is 0.324 e. The summed E-state index contributed by atoms with van der Waals surface area (Å²) in [5.74, 6) is -1.47. The Labute approximate surface area is 138 Å². The van der Waals surface area contributed by atoms with Crippen LogP contribution in [0.25, 0.3) is 0 Å². The fourth-order valence-corrected chi connectivity index (χ4v) is 2.92. The van der Waals surface area contributed by atoms with E-state index in [4.69, 9.17) is 0 Å². The Hall–Kier alpha value is -2.76. The summed E-state index contributed by atoms with van der Waals surface area (Å²) >= 11 is 0. The van der Waals surface area contributed by atoms with Gasteiger partial charge in [-0.3, -0.25) is 9.59 Å². The zero-order valence-corrected chi connectivity index (χ0v) is 13.1. The first-order chi connectivity index (χ1) is 11.5. The van der Waals surface area contributed by atoms with Crippen molar-refractivity contribution in [2.45, 2.75) is 19.4 Å². The lowest BCUT2D eigenvalue weighted by molar-refractivity contribution is -0.135. The van der Waals surface area contributed by atoms with E-state index in [9.17, 15) is 18.4 Å². The van der Waals surface area contributed by atoms with Gasteiger partial charge in [0.2, 0.25) is 11.8 Å². The van der Waals surface area contributed by atoms with Crippen molar-refractivity contribution in [2.75, 3.05) is 11.9 Å². The lowest BCUT2D eigenvalue weighted by Gasteiger charge is -2.30. The van der Waals surface area contributed by atoms with E-state index in [0.29, 0.717) is 16.8 Å². The third-order valence-corrected chi connectivity index (χ3v) is 4.02. The highest BCUT2D eigenvalue weighted by Crippen LogP contribution is 2.36. The van der Waals surface area contributed by atoms with E-state index in [1.807, 2.05) is 0 Å². The molecule has 1 aliphatic rings. The number of fused-ring (bicyclic) bond motifs is 1. The summed E-state index contributed by atoms with van der Waals surface area (Å²) in [6.07, 6.45) is 0.204. The molecule has 0 fully saturated rings. The predicted octanol–water partition coefficient (Wildman–Crippen LogP) is 3.24. The van der Waals surface area contributed by atoms with E-state index in [1.165, 1.54) is 35.2 Å². The van der Waals surface area contributed by atoms with Crippen LogP contribution in [0.5, 0.6) is 0 Å². The number of halogens is 2. The van der Waals surface area contributed by atoms with Crippen molar-refractivity contribution in [1.29, 1.82) is 0 Å². The van der Waals surface area contributed by atoms with Crippen LogP contribution < -0.4 is 5.32 Å². The molecule has 0 unspecified atom stereocenters. The monoisotopic (exact) mass is 330 g/mol. The van der Waals surface area contributed by atoms with Gasteiger partial charge in [0.15, 0.2) is 0 Å². The fraction of sp³-hybridized carbons (Fsp3) is 0.222. The number of carbonyl (C=O) groups excluding carboxylic acids is 2. The number of carbonyl (C=O) groups is 2. The number of amides is 2. The Kier molecular flexibility index (Phi) is 4.29. The van der Waals surface area contributed by atoms with E-state index >= 15 is 0 Å². The van der Waals surface area contributed by atoms with E-state index in [1.54, 1.807) is 19.1 Å². The van der Waals surface area contributed by atoms with Crippen LogP contribution in [0.15, 0.2) is 42.5 Å². The Morgan fingerprint density at radius 3 is 2.50 bits per heavy atom. The van der Waals surface area contributed by atoms with Gasteiger partial charge in [0.05, 0.1) is 6.04 Å². The standard InChI is InChI=1S/C18H16F2N2O2/c1-2-17(24)22-10-16(23)21-15-8-7-13(20)9-14(15)18(22)11-3-5-12(19)6-4-11/h3-9,18H,2,10H2,1H3,(H,21,23)/t18-/m1/s1. The van der Waals surface area contributed by atoms with Crippen molar-refractivity contribution in [3.05, 3.63) is 65.2 Å². The molecule has 1 heterocycles. The highest BCUT2D eigenvalue weighted by Gasteiger charge is 2.32. The van der Waals surface area contributed by atoms with Crippen LogP contribution in [-0.4, -0.2) is 23.3 Å². The number of nitrogens with zero attached hydrogens (tertiary/aromatic N) is 1. The van der Waals surface area contributed by atoms with Gasteiger partial charge in [-0.15, -0.1) is 0 Å². The summed E-state index contributed by atoms with van der Waals surface area (Å²) in [6.45, 7) is 1.55. The van der Waals surface area contributed by atoms with E-state index in [-0.39, 0.29) is 24.8 Å². The summed E-state index contributed by atoms with van der Waals surface area (Å²) < 4.78 is 27.1. The molecular formula is C18H16F2N2O2. The molecule has 2 aromatic rings. The molecule has 0 bridgehead atoms. The van der Waals surface area contributed by atoms with Crippen molar-refractivity contribution in [2.24, 2.45) is 0 Å². The SMILES string of the molecule is CCC(=O)N1CC(=O)Nc2ccc(F)cc2[C@H]1c1ccc(F)cc1. The molecule has 4 nitrogen and oxygen atoms in total. The summed E-state index contributed by atoms with van der Waals surface area (Å²) in [7, 11) is 0. The third kappa shape index (κ3) is 2.99. The lowest BCUT2D eigenvalue weighted by atomic mass is 9.95. The molecule has 24 heavy (non-hydrogen) atoms. The molecule has 0 aliphatic carbocycles. The van der Waals surface area contributed by atoms with Crippen LogP contribution in [0.3, 0.4) is 0 Å². The summed E-state index contributed by atoms with van der Waals surface area (Å²) in [5.41, 5.74) is 1.53. The van der Waals surface area contributed by atoms with Crippen LogP contribution in [-0.2, 0) is 9.59 Å². The Bertz CT molecular complexity index is 790. The average Bonchev–Trinajstić information content (AvgIpc) is 2.71. The van der Waals surface area contributed by atoms with Gasteiger partial charge in [-0.25, -0.2) is 8.78 Å². The molecule has 3 rings (SSSR count). The third-order valence-electron chi connectivity index (χ3n) is 4.02. The van der Waals surface area contributed by atoms with Gasteiger partial charge in [-0.1, -0.05) is 19.1 Å². The first kappa shape index (κ1) is 16.1. The van der Waals surface area contributed by atoms with Gasteiger partial charge in [0, 0.05) is 17.7 Å². The fourth-order valence-electron chi connectivity index (χ4n) is 2.92. The predicted molar refractivity (Wildman–Crippen MR) is 85.3 cm³/mol. The van der Waals surface area contributed by atoms with Crippen LogP contribution in [0.4, 0.5) is 14.5 Å². The topological polar surface area (TPSA) is 49.4 Å². The second kappa shape index (κ2) is 6.39. The molecule has 0 aromatic heterocycles. The summed E-state index contributed by atoms with van der Waals surface area (Å²) in [4.78, 5) is 25.9. The highest BCUT2D eigenvalue weighted by molar-refractivity contribution is 5.97. The molecule has 1 atom stereocenters. The highest BCUT2D eigenvalue weighted by atomic mass is 19.1. The summed E-state index contributed by atoms with van der Waals surface area (Å²) in [6, 6.07) is 9.00. The van der Waals surface area contributed by atoms with E-state index < -0.39 is 17.7 Å². The maximum absolute atomic E-state index is 13.8. The van der Waals surface area contributed by atoms with Crippen molar-refractivity contribution < 1.29 is 18.4 Å². The first-order valence-corrected chi connectivity index (χ1v) is 7.64. The molecule has 1 N–H and O–H groups in total. The number of rotatable bonds is 2. The number of nitrogens with one attached hydrogen (secondary N) is 1. The number of hydrogen-bond acceptors (Lipinski definition) is 2. The van der Waals surface area contributed by atoms with Crippen molar-refractivity contribution in [3.8, 4) is 0 Å². The maximum atomic E-state index is 13.8. The van der Waals surface area contributed by atoms with Gasteiger partial charge in [0.1, 0.15) is 18.2 Å². The smallest absolute Gasteiger partial charge is 0.244 e. The normalized spacial score (nSPS) is 17.0. The lowest BCUT2D eigenvalue weighted by Crippen LogP contribution is -2.38. The number of anilines is 1. The molecule has 0 radical (unpaired) electrons. The van der Waals surface area contributed by atoms with Crippen LogP contribution in [0.2, 0.25) is 0 Å². The van der Waals surface area contributed by atoms with Crippen molar-refractivity contribution >= 4 is 17.5 Å². The van der Waals surface area contributed by atoms with Gasteiger partial charge >= 0.3 is 0 Å². The second-order valence-corrected chi connectivity index (χ2v) is 5.61. The molecule has 0 saturated heterocycles. The quantitative estimate of drug-likeness (QED) is 0.919. The van der Waals surface area contributed by atoms with E-state index in [2.05, 4.69) is 5.32 Å². The van der Waals surface area contributed by atoms with Crippen LogP contribution in [0, 0.1) is 11.6 Å². The minimum absolute atomic E-state index is 0.148. The van der Waals surface area contributed by atoms with Crippen LogP contribution >= 0.6 is 0 Å². The zero-order chi connectivity index (χ0) is 17.3. The molecule has 1 aliphatic heterocycles. The second-order valence-electron chi connectivity index (χ2n) is 5.61. The maximum Gasteiger partial charge on any atom is 0.244 e. The molecule has 124 valence electrons. The number of benzene rings is 2. The molecule has 0 saturated carbocycles. The Morgan fingerprint density at radius 2 is 1.83 bits per heavy atom. The molecule has 0 spiro atoms. The van der Waals surface area contributed by atoms with Gasteiger partial charge in [-0.05, 0) is 35.9 Å². The first-order valence-electron chi connectivity index (χ1n) is 7.64. The van der Waals surface area contributed by atoms with Crippen molar-refractivity contribution in [1.82, 2.24) is 4.90 Å². The molecular weight excluding hydrogens is 314 g/mol. The molecule has 2 amide bonds. The van der Waals surface area contributed by atoms with Gasteiger partial charge in [0.25, 0.3) is 0 Å². The van der Waals surface area contributed by atoms with Crippen molar-refractivity contribution in [3.63, 3.8) is 0 Å². The van der Waals surface area contributed by atoms with Crippen LogP contribution in [0.1, 0.15) is 30.5 Å². The number of hydrogen-bond donors (Lipinski definition) is 1. The van der Waals surface area contributed by atoms with Gasteiger partial charge in [-0.2, -0.15) is 0 Å². The zero-order valence-electron chi connectivity index (χ0n) is 13.1. The minimum Gasteiger partial charge on any atom is -0.324 e. The Morgan fingerprint density at radius 1 is 1.17 bits per heavy atom. The van der Waals surface area contributed by atoms with E-state index in [0.717, 1.165) is 0 Å². The Balaban J connectivity index is 2.20. The summed E-state index contributed by atoms with van der Waals surface area (Å²) in [5, 5.41) is 2.70.